The van der Waals surface area contributed by atoms with E-state index in [-0.39, 0.29) is 16.8 Å². The summed E-state index contributed by atoms with van der Waals surface area (Å²) < 4.78 is 4.86. The molecule has 4 fully saturated rings. The first-order chi connectivity index (χ1) is 23.3. The van der Waals surface area contributed by atoms with E-state index in [1.807, 2.05) is 24.3 Å². The first-order valence-corrected chi connectivity index (χ1v) is 19.2. The van der Waals surface area contributed by atoms with Gasteiger partial charge >= 0.3 is 11.9 Å². The van der Waals surface area contributed by atoms with Gasteiger partial charge < -0.3 is 15.2 Å². The van der Waals surface area contributed by atoms with Crippen molar-refractivity contribution in [3.05, 3.63) is 76.9 Å². The average Bonchev–Trinajstić information content (AvgIpc) is 3.51. The Kier molecular flexibility index (Phi) is 8.73. The van der Waals surface area contributed by atoms with Gasteiger partial charge in [0.1, 0.15) is 0 Å². The van der Waals surface area contributed by atoms with Crippen molar-refractivity contribution >= 4 is 17.5 Å². The molecule has 5 aliphatic rings. The molecule has 8 atom stereocenters. The third-order valence-electron chi connectivity index (χ3n) is 16.0. The summed E-state index contributed by atoms with van der Waals surface area (Å²) in [4.78, 5) is 23.4. The van der Waals surface area contributed by atoms with Gasteiger partial charge in [-0.25, -0.2) is 9.59 Å². The van der Waals surface area contributed by atoms with Crippen LogP contribution in [0.1, 0.15) is 131 Å². The number of methoxy groups -OCH3 is 1. The Labute approximate surface area is 294 Å². The average molecular weight is 666 g/mol. The van der Waals surface area contributed by atoms with Gasteiger partial charge in [-0.05, 0) is 162 Å². The number of ether oxygens (including phenoxy) is 1. The van der Waals surface area contributed by atoms with Crippen LogP contribution in [-0.2, 0) is 11.2 Å². The molecule has 0 heterocycles. The van der Waals surface area contributed by atoms with E-state index in [1.165, 1.54) is 81.6 Å². The largest absolute Gasteiger partial charge is 0.478 e. The highest BCUT2D eigenvalue weighted by Crippen LogP contribution is 2.77. The van der Waals surface area contributed by atoms with Crippen LogP contribution in [-0.4, -0.2) is 37.2 Å². The smallest absolute Gasteiger partial charge is 0.337 e. The molecule has 5 heteroatoms. The quantitative estimate of drug-likeness (QED) is 0.217. The van der Waals surface area contributed by atoms with Gasteiger partial charge in [0.15, 0.2) is 0 Å². The zero-order valence-electron chi connectivity index (χ0n) is 30.9. The van der Waals surface area contributed by atoms with E-state index in [0.29, 0.717) is 33.3 Å². The fourth-order valence-corrected chi connectivity index (χ4v) is 13.4. The number of hydrogen-bond donors (Lipinski definition) is 2. The molecule has 0 aliphatic heterocycles. The molecule has 0 spiro atoms. The molecule has 0 amide bonds. The number of nitrogens with one attached hydrogen (secondary N) is 1. The molecule has 7 rings (SSSR count). The Morgan fingerprint density at radius 2 is 1.51 bits per heavy atom. The number of hydrogen-bond acceptors (Lipinski definition) is 4. The molecule has 49 heavy (non-hydrogen) atoms. The summed E-state index contributed by atoms with van der Waals surface area (Å²) in [6.45, 7) is 15.2. The Bertz CT molecular complexity index is 1610. The lowest BCUT2D eigenvalue weighted by molar-refractivity contribution is -0.222. The Balaban J connectivity index is 1.06. The summed E-state index contributed by atoms with van der Waals surface area (Å²) in [5, 5.41) is 13.4. The monoisotopic (exact) mass is 665 g/mol. The fourth-order valence-electron chi connectivity index (χ4n) is 13.4. The van der Waals surface area contributed by atoms with Crippen molar-refractivity contribution in [3.63, 3.8) is 0 Å². The normalized spacial score (nSPS) is 37.6. The van der Waals surface area contributed by atoms with Crippen molar-refractivity contribution in [2.45, 2.75) is 105 Å². The van der Waals surface area contributed by atoms with Crippen LogP contribution < -0.4 is 5.32 Å². The molecule has 0 aromatic heterocycles. The van der Waals surface area contributed by atoms with Crippen LogP contribution in [0.4, 0.5) is 0 Å². The highest BCUT2D eigenvalue weighted by Gasteiger charge is 2.69. The zero-order chi connectivity index (χ0) is 34.8. The van der Waals surface area contributed by atoms with Crippen molar-refractivity contribution < 1.29 is 19.4 Å². The minimum atomic E-state index is -0.860. The van der Waals surface area contributed by atoms with Crippen LogP contribution in [0.25, 0.3) is 5.57 Å². The van der Waals surface area contributed by atoms with Crippen LogP contribution in [0.15, 0.2) is 54.6 Å². The lowest BCUT2D eigenvalue weighted by Crippen LogP contribution is -2.65. The number of carboxylic acid groups (broad SMARTS) is 1. The van der Waals surface area contributed by atoms with Gasteiger partial charge in [-0.1, -0.05) is 71.4 Å². The standard InChI is InChI=1S/C44H59NO4/c1-40(2)33(30-13-15-31(16-14-30)38(46)47)19-23-41(3)36(40)20-24-43(5)37(41)18-17-34-35-8-7-22-44(35,26-25-42(34,43)4)28-45-27-21-29-9-11-32(12-10-29)39(48)49-6/h9-16,19,34-37,45H,7-8,17-18,20-28H2,1-6H3,(H,46,47)/t34?,35?,36?,37?,41?,42-,43?,44?/m1/s1. The molecule has 2 aromatic carbocycles. The van der Waals surface area contributed by atoms with Gasteiger partial charge in [0.2, 0.25) is 0 Å². The minimum absolute atomic E-state index is 0.0407. The highest BCUT2D eigenvalue weighted by atomic mass is 16.5. The topological polar surface area (TPSA) is 75.6 Å². The Morgan fingerprint density at radius 1 is 0.796 bits per heavy atom. The van der Waals surface area contributed by atoms with Crippen molar-refractivity contribution in [1.29, 1.82) is 0 Å². The second-order valence-corrected chi connectivity index (χ2v) is 18.1. The number of carbonyl (C=O) groups is 2. The summed E-state index contributed by atoms with van der Waals surface area (Å²) in [6.07, 6.45) is 16.9. The van der Waals surface area contributed by atoms with E-state index in [9.17, 15) is 14.7 Å². The van der Waals surface area contributed by atoms with Crippen LogP contribution in [0.2, 0.25) is 0 Å². The van der Waals surface area contributed by atoms with E-state index < -0.39 is 5.97 Å². The van der Waals surface area contributed by atoms with Crippen molar-refractivity contribution in [2.75, 3.05) is 20.2 Å². The van der Waals surface area contributed by atoms with E-state index in [2.05, 4.69) is 58.1 Å². The predicted octanol–water partition coefficient (Wildman–Crippen LogP) is 9.85. The molecule has 2 aromatic rings. The van der Waals surface area contributed by atoms with E-state index in [4.69, 9.17) is 4.74 Å². The second kappa shape index (κ2) is 12.4. The third-order valence-corrected chi connectivity index (χ3v) is 16.0. The molecule has 0 bridgehead atoms. The van der Waals surface area contributed by atoms with E-state index >= 15 is 0 Å². The second-order valence-electron chi connectivity index (χ2n) is 18.1. The van der Waals surface area contributed by atoms with Crippen LogP contribution in [0, 0.1) is 50.7 Å². The first-order valence-electron chi connectivity index (χ1n) is 19.2. The highest BCUT2D eigenvalue weighted by molar-refractivity contribution is 5.89. The van der Waals surface area contributed by atoms with Crippen molar-refractivity contribution in [2.24, 2.45) is 50.7 Å². The van der Waals surface area contributed by atoms with Gasteiger partial charge in [0, 0.05) is 6.54 Å². The summed E-state index contributed by atoms with van der Waals surface area (Å²) in [7, 11) is 1.43. The maximum Gasteiger partial charge on any atom is 0.337 e. The number of carbonyl (C=O) groups excluding carboxylic acids is 1. The SMILES string of the molecule is COC(=O)c1ccc(CCNCC23CCCC2C2CCC4C5(C)CC=C(c6ccc(C(=O)O)cc6)C(C)(C)C5CCC4(C)[C@]2(C)CC3)cc1. The van der Waals surface area contributed by atoms with Crippen LogP contribution in [0.5, 0.6) is 0 Å². The summed E-state index contributed by atoms with van der Waals surface area (Å²) in [5.74, 6) is 1.84. The molecular formula is C44H59NO4. The molecule has 7 unspecified atom stereocenters. The number of aromatic carboxylic acids is 1. The zero-order valence-corrected chi connectivity index (χ0v) is 30.9. The fraction of sp³-hybridized carbons (Fsp3) is 0.636. The van der Waals surface area contributed by atoms with Crippen molar-refractivity contribution in [1.82, 2.24) is 5.32 Å². The number of allylic oxidation sites excluding steroid dienone is 2. The lowest BCUT2D eigenvalue weighted by Gasteiger charge is -2.72. The maximum absolute atomic E-state index is 11.8. The lowest BCUT2D eigenvalue weighted by atomic mass is 9.32. The number of rotatable bonds is 8. The molecule has 0 saturated heterocycles. The predicted molar refractivity (Wildman–Crippen MR) is 196 cm³/mol. The first kappa shape index (κ1) is 34.5. The van der Waals surface area contributed by atoms with Gasteiger partial charge in [0.25, 0.3) is 0 Å². The Morgan fingerprint density at radius 3 is 2.20 bits per heavy atom. The molecule has 0 radical (unpaired) electrons. The van der Waals surface area contributed by atoms with E-state index in [0.717, 1.165) is 43.7 Å². The van der Waals surface area contributed by atoms with Gasteiger partial charge in [-0.3, -0.25) is 0 Å². The number of fused-ring (bicyclic) bond motifs is 7. The molecule has 2 N–H and O–H groups in total. The molecule has 4 saturated carbocycles. The summed E-state index contributed by atoms with van der Waals surface area (Å²) in [6, 6.07) is 15.5. The molecule has 264 valence electrons. The van der Waals surface area contributed by atoms with Crippen LogP contribution >= 0.6 is 0 Å². The number of esters is 1. The third kappa shape index (κ3) is 5.35. The van der Waals surface area contributed by atoms with Gasteiger partial charge in [0.05, 0.1) is 18.2 Å². The molecular weight excluding hydrogens is 606 g/mol. The minimum Gasteiger partial charge on any atom is -0.478 e. The maximum atomic E-state index is 11.8. The number of benzene rings is 2. The van der Waals surface area contributed by atoms with E-state index in [1.54, 1.807) is 12.1 Å². The summed E-state index contributed by atoms with van der Waals surface area (Å²) in [5.41, 5.74) is 6.32. The van der Waals surface area contributed by atoms with Gasteiger partial charge in [-0.15, -0.1) is 0 Å². The van der Waals surface area contributed by atoms with Crippen molar-refractivity contribution in [3.8, 4) is 0 Å². The number of carboxylic acids is 1. The summed E-state index contributed by atoms with van der Waals surface area (Å²) >= 11 is 0. The van der Waals surface area contributed by atoms with Crippen LogP contribution in [0.3, 0.4) is 0 Å². The Hall–Kier alpha value is -2.92. The van der Waals surface area contributed by atoms with Gasteiger partial charge in [-0.2, -0.15) is 0 Å². The molecule has 5 aliphatic carbocycles. The molecule has 5 nitrogen and oxygen atoms in total.